The number of aromatic carboxylic acids is 1. The molecule has 2 rings (SSSR count). The molecule has 0 aliphatic heterocycles. The average molecular weight is 278 g/mol. The lowest BCUT2D eigenvalue weighted by Gasteiger charge is -2.27. The zero-order valence-corrected chi connectivity index (χ0v) is 11.1. The molecule has 4 nitrogen and oxygen atoms in total. The second kappa shape index (κ2) is 5.05. The van der Waals surface area contributed by atoms with Gasteiger partial charge in [-0.25, -0.2) is 4.79 Å². The quantitative estimate of drug-likeness (QED) is 0.798. The Hall–Kier alpha value is -1.82. The standard InChI is InChI=1S/C14H14O4S/c1-19(17,18)11-7-8-12(13(9-11)14(15)16)10-5-3-2-4-6-10/h2-9,17-18H,1H3,(H,15,16). The number of carbonyl (C=O) groups is 1. The fourth-order valence-electron chi connectivity index (χ4n) is 1.81. The third-order valence-corrected chi connectivity index (χ3v) is 3.90. The van der Waals surface area contributed by atoms with Crippen molar-refractivity contribution in [2.75, 3.05) is 6.26 Å². The van der Waals surface area contributed by atoms with E-state index in [1.807, 2.05) is 30.3 Å². The summed E-state index contributed by atoms with van der Waals surface area (Å²) in [6.45, 7) is 0. The van der Waals surface area contributed by atoms with Crippen molar-refractivity contribution in [1.82, 2.24) is 0 Å². The highest BCUT2D eigenvalue weighted by Gasteiger charge is 2.16. The first-order chi connectivity index (χ1) is 8.89. The second-order valence-electron chi connectivity index (χ2n) is 4.21. The lowest BCUT2D eigenvalue weighted by Crippen LogP contribution is -2.03. The van der Waals surface area contributed by atoms with Crippen LogP contribution in [0.2, 0.25) is 0 Å². The molecule has 5 heteroatoms. The molecule has 2 aromatic rings. The van der Waals surface area contributed by atoms with E-state index in [1.54, 1.807) is 12.1 Å². The van der Waals surface area contributed by atoms with E-state index in [1.165, 1.54) is 12.3 Å². The van der Waals surface area contributed by atoms with E-state index in [2.05, 4.69) is 0 Å². The van der Waals surface area contributed by atoms with Gasteiger partial charge in [0.25, 0.3) is 0 Å². The molecule has 3 N–H and O–H groups in total. The molecular formula is C14H14O4S. The van der Waals surface area contributed by atoms with E-state index in [0.29, 0.717) is 5.56 Å². The van der Waals surface area contributed by atoms with Crippen molar-refractivity contribution in [2.24, 2.45) is 0 Å². The van der Waals surface area contributed by atoms with Gasteiger partial charge in [0.15, 0.2) is 0 Å². The predicted octanol–water partition coefficient (Wildman–Crippen LogP) is 3.79. The van der Waals surface area contributed by atoms with Gasteiger partial charge in [0, 0.05) is 6.26 Å². The van der Waals surface area contributed by atoms with Gasteiger partial charge in [0.2, 0.25) is 0 Å². The van der Waals surface area contributed by atoms with Crippen molar-refractivity contribution in [2.45, 2.75) is 4.90 Å². The van der Waals surface area contributed by atoms with Crippen LogP contribution in [-0.4, -0.2) is 26.4 Å². The molecule has 0 aromatic heterocycles. The summed E-state index contributed by atoms with van der Waals surface area (Å²) < 4.78 is 19.2. The van der Waals surface area contributed by atoms with Gasteiger partial charge in [-0.05, 0) is 23.3 Å². The summed E-state index contributed by atoms with van der Waals surface area (Å²) in [6, 6.07) is 13.6. The molecule has 0 fully saturated rings. The van der Waals surface area contributed by atoms with E-state index >= 15 is 0 Å². The Balaban J connectivity index is 2.61. The van der Waals surface area contributed by atoms with Crippen LogP contribution < -0.4 is 0 Å². The average Bonchev–Trinajstić information content (AvgIpc) is 2.38. The highest BCUT2D eigenvalue weighted by Crippen LogP contribution is 2.45. The summed E-state index contributed by atoms with van der Waals surface area (Å²) in [5.41, 5.74) is 1.39. The number of carboxylic acids is 1. The zero-order valence-electron chi connectivity index (χ0n) is 10.3. The Morgan fingerprint density at radius 1 is 1.05 bits per heavy atom. The van der Waals surface area contributed by atoms with Crippen molar-refractivity contribution >= 4 is 16.6 Å². The zero-order chi connectivity index (χ0) is 14.0. The van der Waals surface area contributed by atoms with Gasteiger partial charge in [0.05, 0.1) is 10.5 Å². The summed E-state index contributed by atoms with van der Waals surface area (Å²) in [5.74, 6) is -1.09. The molecule has 0 radical (unpaired) electrons. The van der Waals surface area contributed by atoms with Gasteiger partial charge >= 0.3 is 5.97 Å². The van der Waals surface area contributed by atoms with Crippen molar-refractivity contribution in [1.29, 1.82) is 0 Å². The first kappa shape index (κ1) is 13.6. The third kappa shape index (κ3) is 2.96. The summed E-state index contributed by atoms with van der Waals surface area (Å²) in [5, 5.41) is 9.26. The van der Waals surface area contributed by atoms with E-state index in [0.717, 1.165) is 5.56 Å². The van der Waals surface area contributed by atoms with E-state index < -0.39 is 16.6 Å². The SMILES string of the molecule is CS(O)(O)c1ccc(-c2ccccc2)c(C(=O)O)c1. The van der Waals surface area contributed by atoms with E-state index in [9.17, 15) is 19.0 Å². The maximum Gasteiger partial charge on any atom is 0.336 e. The number of benzene rings is 2. The molecule has 0 spiro atoms. The Kier molecular flexibility index (Phi) is 3.61. The van der Waals surface area contributed by atoms with Crippen LogP contribution in [0.3, 0.4) is 0 Å². The maximum absolute atomic E-state index is 11.3. The van der Waals surface area contributed by atoms with Crippen LogP contribution in [0, 0.1) is 0 Å². The van der Waals surface area contributed by atoms with Crippen LogP contribution in [-0.2, 0) is 0 Å². The predicted molar refractivity (Wildman–Crippen MR) is 75.9 cm³/mol. The lowest BCUT2D eigenvalue weighted by molar-refractivity contribution is 0.0697. The molecule has 0 bridgehead atoms. The van der Waals surface area contributed by atoms with Crippen LogP contribution in [0.4, 0.5) is 0 Å². The molecule has 0 saturated carbocycles. The number of rotatable bonds is 3. The van der Waals surface area contributed by atoms with Crippen LogP contribution in [0.1, 0.15) is 10.4 Å². The van der Waals surface area contributed by atoms with Gasteiger partial charge in [-0.15, -0.1) is 0 Å². The smallest absolute Gasteiger partial charge is 0.336 e. The molecule has 19 heavy (non-hydrogen) atoms. The molecule has 0 aliphatic rings. The van der Waals surface area contributed by atoms with Crippen LogP contribution in [0.5, 0.6) is 0 Å². The van der Waals surface area contributed by atoms with Crippen LogP contribution in [0.15, 0.2) is 53.4 Å². The van der Waals surface area contributed by atoms with Gasteiger partial charge in [-0.1, -0.05) is 36.4 Å². The van der Waals surface area contributed by atoms with Gasteiger partial charge in [-0.2, -0.15) is 10.6 Å². The Bertz CT molecular complexity index is 603. The van der Waals surface area contributed by atoms with Crippen molar-refractivity contribution < 1.29 is 19.0 Å². The molecule has 0 atom stereocenters. The van der Waals surface area contributed by atoms with Crippen molar-refractivity contribution in [3.63, 3.8) is 0 Å². The second-order valence-corrected chi connectivity index (χ2v) is 6.35. The third-order valence-electron chi connectivity index (χ3n) is 2.75. The first-order valence-corrected chi connectivity index (χ1v) is 7.51. The highest BCUT2D eigenvalue weighted by molar-refractivity contribution is 8.23. The summed E-state index contributed by atoms with van der Waals surface area (Å²) in [7, 11) is -2.92. The highest BCUT2D eigenvalue weighted by atomic mass is 32.3. The molecule has 100 valence electrons. The number of hydrogen-bond donors (Lipinski definition) is 3. The summed E-state index contributed by atoms with van der Waals surface area (Å²) >= 11 is 0. The van der Waals surface area contributed by atoms with Crippen molar-refractivity contribution in [3.8, 4) is 11.1 Å². The minimum atomic E-state index is -2.92. The minimum Gasteiger partial charge on any atom is -0.478 e. The van der Waals surface area contributed by atoms with Gasteiger partial charge in [-0.3, -0.25) is 9.11 Å². The normalized spacial score (nSPS) is 12.2. The topological polar surface area (TPSA) is 77.8 Å². The Morgan fingerprint density at radius 2 is 1.68 bits per heavy atom. The number of hydrogen-bond acceptors (Lipinski definition) is 3. The molecule has 0 amide bonds. The maximum atomic E-state index is 11.3. The molecule has 0 unspecified atom stereocenters. The largest absolute Gasteiger partial charge is 0.478 e. The fraction of sp³-hybridized carbons (Fsp3) is 0.0714. The Labute approximate surface area is 112 Å². The monoisotopic (exact) mass is 278 g/mol. The summed E-state index contributed by atoms with van der Waals surface area (Å²) in [4.78, 5) is 11.5. The first-order valence-electron chi connectivity index (χ1n) is 5.55. The number of carboxylic acid groups (broad SMARTS) is 1. The molecule has 0 heterocycles. The lowest BCUT2D eigenvalue weighted by atomic mass is 10.00. The van der Waals surface area contributed by atoms with Crippen LogP contribution in [0.25, 0.3) is 11.1 Å². The van der Waals surface area contributed by atoms with Gasteiger partial charge in [0.1, 0.15) is 0 Å². The van der Waals surface area contributed by atoms with E-state index in [4.69, 9.17) is 0 Å². The summed E-state index contributed by atoms with van der Waals surface area (Å²) in [6.07, 6.45) is 1.27. The fourth-order valence-corrected chi connectivity index (χ4v) is 2.48. The van der Waals surface area contributed by atoms with E-state index in [-0.39, 0.29) is 10.5 Å². The molecule has 0 aliphatic carbocycles. The molecular weight excluding hydrogens is 264 g/mol. The van der Waals surface area contributed by atoms with Gasteiger partial charge < -0.3 is 5.11 Å². The molecule has 2 aromatic carbocycles. The van der Waals surface area contributed by atoms with Crippen molar-refractivity contribution in [3.05, 3.63) is 54.1 Å². The Morgan fingerprint density at radius 3 is 2.21 bits per heavy atom. The molecule has 0 saturated heterocycles. The minimum absolute atomic E-state index is 0.0607. The van der Waals surface area contributed by atoms with Crippen LogP contribution >= 0.6 is 10.6 Å².